The quantitative estimate of drug-likeness (QED) is 0.734. The maximum Gasteiger partial charge on any atom is 0.191 e. The zero-order valence-electron chi connectivity index (χ0n) is 10.0. The lowest BCUT2D eigenvalue weighted by molar-refractivity contribution is 0.213. The summed E-state index contributed by atoms with van der Waals surface area (Å²) in [6.07, 6.45) is 1.15. The summed E-state index contributed by atoms with van der Waals surface area (Å²) in [4.78, 5) is 6.57. The smallest absolute Gasteiger partial charge is 0.191 e. The molecule has 0 amide bonds. The Bertz CT molecular complexity index is 225. The summed E-state index contributed by atoms with van der Waals surface area (Å²) in [6, 6.07) is 0.948. The molecule has 1 heterocycles. The highest BCUT2D eigenvalue weighted by Gasteiger charge is 2.31. The van der Waals surface area contributed by atoms with Crippen LogP contribution in [0.3, 0.4) is 0 Å². The van der Waals surface area contributed by atoms with Gasteiger partial charge in [0.2, 0.25) is 0 Å². The highest BCUT2D eigenvalue weighted by atomic mass is 15.3. The summed E-state index contributed by atoms with van der Waals surface area (Å²) >= 11 is 0. The van der Waals surface area contributed by atoms with Crippen molar-refractivity contribution in [2.24, 2.45) is 16.1 Å². The van der Waals surface area contributed by atoms with Crippen LogP contribution in [0, 0.1) is 5.41 Å². The fourth-order valence-corrected chi connectivity index (χ4v) is 2.11. The topological polar surface area (TPSA) is 41.6 Å². The van der Waals surface area contributed by atoms with Crippen LogP contribution < -0.4 is 5.73 Å². The van der Waals surface area contributed by atoms with E-state index in [9.17, 15) is 0 Å². The molecule has 0 saturated heterocycles. The van der Waals surface area contributed by atoms with Crippen molar-refractivity contribution in [3.05, 3.63) is 0 Å². The number of nitrogens with zero attached hydrogens (tertiary/aromatic N) is 2. The van der Waals surface area contributed by atoms with Gasteiger partial charge in [0.25, 0.3) is 0 Å². The van der Waals surface area contributed by atoms with E-state index in [1.54, 1.807) is 0 Å². The summed E-state index contributed by atoms with van der Waals surface area (Å²) in [7, 11) is 0. The van der Waals surface area contributed by atoms with Crippen LogP contribution in [0.1, 0.15) is 41.0 Å². The van der Waals surface area contributed by atoms with Crippen molar-refractivity contribution in [3.8, 4) is 0 Å². The van der Waals surface area contributed by atoms with E-state index < -0.39 is 0 Å². The molecule has 3 nitrogen and oxygen atoms in total. The first-order chi connectivity index (χ1) is 6.31. The number of guanidine groups is 1. The molecule has 0 aliphatic carbocycles. The lowest BCUT2D eigenvalue weighted by atomic mass is 9.87. The highest BCUT2D eigenvalue weighted by molar-refractivity contribution is 5.80. The van der Waals surface area contributed by atoms with Gasteiger partial charge in [0.15, 0.2) is 5.96 Å². The van der Waals surface area contributed by atoms with Crippen molar-refractivity contribution < 1.29 is 0 Å². The number of hydrogen-bond acceptors (Lipinski definition) is 3. The van der Waals surface area contributed by atoms with E-state index >= 15 is 0 Å². The molecule has 2 N–H and O–H groups in total. The van der Waals surface area contributed by atoms with Crippen LogP contribution in [-0.2, 0) is 0 Å². The maximum atomic E-state index is 5.87. The van der Waals surface area contributed by atoms with Gasteiger partial charge in [-0.25, -0.2) is 0 Å². The number of rotatable bonds is 2. The van der Waals surface area contributed by atoms with Gasteiger partial charge in [0, 0.05) is 6.04 Å². The van der Waals surface area contributed by atoms with Crippen LogP contribution in [0.15, 0.2) is 4.99 Å². The van der Waals surface area contributed by atoms with Gasteiger partial charge in [0.1, 0.15) is 0 Å². The third kappa shape index (κ3) is 2.63. The lowest BCUT2D eigenvalue weighted by Gasteiger charge is -2.33. The molecule has 0 aromatic rings. The molecule has 14 heavy (non-hydrogen) atoms. The van der Waals surface area contributed by atoms with Gasteiger partial charge < -0.3 is 10.6 Å². The number of aliphatic imine (C=N–C) groups is 1. The van der Waals surface area contributed by atoms with Crippen LogP contribution in [0.4, 0.5) is 0 Å². The molecule has 0 aromatic heterocycles. The first kappa shape index (κ1) is 11.3. The average molecular weight is 197 g/mol. The molecule has 1 aliphatic rings. The number of hydrogen-bond donors (Lipinski definition) is 1. The number of nitrogens with two attached hydrogens (primary N) is 1. The third-order valence-corrected chi connectivity index (χ3v) is 2.53. The van der Waals surface area contributed by atoms with E-state index in [-0.39, 0.29) is 0 Å². The summed E-state index contributed by atoms with van der Waals surface area (Å²) in [5, 5.41) is 0. The van der Waals surface area contributed by atoms with Crippen molar-refractivity contribution in [2.45, 2.75) is 53.1 Å². The van der Waals surface area contributed by atoms with Gasteiger partial charge in [-0.05, 0) is 25.7 Å². The van der Waals surface area contributed by atoms with Crippen LogP contribution in [0.2, 0.25) is 0 Å². The Kier molecular flexibility index (Phi) is 3.07. The summed E-state index contributed by atoms with van der Waals surface area (Å²) in [5.41, 5.74) is 6.21. The molecule has 3 heteroatoms. The fraction of sp³-hybridized carbons (Fsp3) is 0.909. The van der Waals surface area contributed by atoms with Crippen molar-refractivity contribution in [1.29, 1.82) is 0 Å². The van der Waals surface area contributed by atoms with Crippen LogP contribution in [-0.4, -0.2) is 29.5 Å². The van der Waals surface area contributed by atoms with E-state index in [1.165, 1.54) is 0 Å². The Morgan fingerprint density at radius 3 is 2.50 bits per heavy atom. The standard InChI is InChI=1S/C11H23N3/c1-8(2)14-9(6-11(3,4)5)7-13-10(14)12/h8-9H,6-7H2,1-5H3,(H2,12,13). The van der Waals surface area contributed by atoms with Crippen LogP contribution in [0.25, 0.3) is 0 Å². The lowest BCUT2D eigenvalue weighted by Crippen LogP contribution is -2.46. The largest absolute Gasteiger partial charge is 0.370 e. The zero-order chi connectivity index (χ0) is 10.9. The summed E-state index contributed by atoms with van der Waals surface area (Å²) in [5.74, 6) is 0.717. The Morgan fingerprint density at radius 2 is 2.07 bits per heavy atom. The Hall–Kier alpha value is -0.730. The Balaban J connectivity index is 2.65. The molecule has 0 spiro atoms. The van der Waals surface area contributed by atoms with Crippen molar-refractivity contribution in [3.63, 3.8) is 0 Å². The molecule has 0 saturated carbocycles. The van der Waals surface area contributed by atoms with Crippen molar-refractivity contribution in [2.75, 3.05) is 6.54 Å². The first-order valence-electron chi connectivity index (χ1n) is 5.39. The fourth-order valence-electron chi connectivity index (χ4n) is 2.11. The molecule has 1 atom stereocenters. The second-order valence-corrected chi connectivity index (χ2v) is 5.62. The predicted octanol–water partition coefficient (Wildman–Crippen LogP) is 1.83. The highest BCUT2D eigenvalue weighted by Crippen LogP contribution is 2.26. The van der Waals surface area contributed by atoms with Gasteiger partial charge in [-0.1, -0.05) is 20.8 Å². The summed E-state index contributed by atoms with van der Waals surface area (Å²) < 4.78 is 0. The normalized spacial score (nSPS) is 23.1. The minimum atomic E-state index is 0.345. The second-order valence-electron chi connectivity index (χ2n) is 5.62. The van der Waals surface area contributed by atoms with Gasteiger partial charge in [-0.3, -0.25) is 4.99 Å². The molecule has 1 rings (SSSR count). The predicted molar refractivity (Wildman–Crippen MR) is 61.3 cm³/mol. The Morgan fingerprint density at radius 1 is 1.50 bits per heavy atom. The van der Waals surface area contributed by atoms with Crippen LogP contribution >= 0.6 is 0 Å². The summed E-state index contributed by atoms with van der Waals surface area (Å²) in [6.45, 7) is 12.0. The molecule has 0 fully saturated rings. The molecular weight excluding hydrogens is 174 g/mol. The Labute approximate surface area is 87.4 Å². The van der Waals surface area contributed by atoms with Gasteiger partial charge in [-0.2, -0.15) is 0 Å². The van der Waals surface area contributed by atoms with Gasteiger partial charge in [-0.15, -0.1) is 0 Å². The van der Waals surface area contributed by atoms with E-state index in [0.29, 0.717) is 23.5 Å². The molecule has 1 aliphatic heterocycles. The first-order valence-corrected chi connectivity index (χ1v) is 5.39. The minimum absolute atomic E-state index is 0.345. The van der Waals surface area contributed by atoms with E-state index in [0.717, 1.165) is 13.0 Å². The molecular formula is C11H23N3. The van der Waals surface area contributed by atoms with E-state index in [4.69, 9.17) is 5.73 Å². The monoisotopic (exact) mass is 197 g/mol. The average Bonchev–Trinajstić information content (AvgIpc) is 2.27. The van der Waals surface area contributed by atoms with Crippen molar-refractivity contribution in [1.82, 2.24) is 4.90 Å². The molecule has 82 valence electrons. The van der Waals surface area contributed by atoms with E-state index in [2.05, 4.69) is 44.5 Å². The second kappa shape index (κ2) is 3.79. The third-order valence-electron chi connectivity index (χ3n) is 2.53. The molecule has 1 unspecified atom stereocenters. The maximum absolute atomic E-state index is 5.87. The molecule has 0 bridgehead atoms. The zero-order valence-corrected chi connectivity index (χ0v) is 10.0. The van der Waals surface area contributed by atoms with Gasteiger partial charge >= 0.3 is 0 Å². The van der Waals surface area contributed by atoms with E-state index in [1.807, 2.05) is 0 Å². The molecule has 0 aromatic carbocycles. The molecule has 0 radical (unpaired) electrons. The van der Waals surface area contributed by atoms with Crippen LogP contribution in [0.5, 0.6) is 0 Å². The SMILES string of the molecule is CC(C)N1C(N)=NCC1CC(C)(C)C. The minimum Gasteiger partial charge on any atom is -0.370 e. The van der Waals surface area contributed by atoms with Gasteiger partial charge in [0.05, 0.1) is 12.6 Å². The van der Waals surface area contributed by atoms with Crippen molar-refractivity contribution >= 4 is 5.96 Å².